The van der Waals surface area contributed by atoms with Gasteiger partial charge in [-0.1, -0.05) is 36.4 Å². The molecule has 1 aliphatic rings. The number of allylic oxidation sites excluding steroid dienone is 2. The second-order valence-corrected chi connectivity index (χ2v) is 3.33. The van der Waals surface area contributed by atoms with Crippen LogP contribution in [0.5, 0.6) is 0 Å². The molecule has 0 spiro atoms. The highest BCUT2D eigenvalue weighted by Crippen LogP contribution is 2.01. The van der Waals surface area contributed by atoms with E-state index in [9.17, 15) is 0 Å². The van der Waals surface area contributed by atoms with Gasteiger partial charge in [0.1, 0.15) is 0 Å². The summed E-state index contributed by atoms with van der Waals surface area (Å²) in [6.07, 6.45) is 9.48. The number of fused-ring (bicyclic) bond motifs is 1. The Hall–Kier alpha value is -1.50. The fourth-order valence-electron chi connectivity index (χ4n) is 1.56. The molecule has 1 aliphatic carbocycles. The normalized spacial score (nSPS) is 13.9. The molecule has 0 aromatic heterocycles. The average molecular weight is 171 g/mol. The van der Waals surface area contributed by atoms with E-state index in [0.29, 0.717) is 0 Å². The van der Waals surface area contributed by atoms with Gasteiger partial charge in [0.2, 0.25) is 0 Å². The van der Waals surface area contributed by atoms with Crippen LogP contribution in [0.25, 0.3) is 12.2 Å². The molecular weight excluding hydrogens is 158 g/mol. The Labute approximate surface area is 77.9 Å². The molecule has 0 saturated carbocycles. The van der Waals surface area contributed by atoms with Crippen molar-refractivity contribution in [1.29, 1.82) is 0 Å². The molecule has 2 rings (SSSR count). The summed E-state index contributed by atoms with van der Waals surface area (Å²) in [5.74, 6) is 0. The van der Waals surface area contributed by atoms with Crippen molar-refractivity contribution in [3.63, 3.8) is 0 Å². The molecule has 0 radical (unpaired) electrons. The van der Waals surface area contributed by atoms with Crippen LogP contribution in [0.2, 0.25) is 0 Å². The summed E-state index contributed by atoms with van der Waals surface area (Å²) >= 11 is 0. The van der Waals surface area contributed by atoms with Crippen molar-refractivity contribution in [2.24, 2.45) is 0 Å². The monoisotopic (exact) mass is 171 g/mol. The summed E-state index contributed by atoms with van der Waals surface area (Å²) in [6.45, 7) is 2.04. The lowest BCUT2D eigenvalue weighted by Crippen LogP contribution is -2.27. The third-order valence-corrected chi connectivity index (χ3v) is 2.41. The van der Waals surface area contributed by atoms with Gasteiger partial charge in [0.15, 0.2) is 0 Å². The van der Waals surface area contributed by atoms with Crippen molar-refractivity contribution in [2.75, 3.05) is 5.73 Å². The molecular formula is C12H13N. The molecule has 0 amide bonds. The molecule has 13 heavy (non-hydrogen) atoms. The van der Waals surface area contributed by atoms with Gasteiger partial charge < -0.3 is 5.73 Å². The molecule has 0 saturated heterocycles. The lowest BCUT2D eigenvalue weighted by Gasteiger charge is -2.00. The van der Waals surface area contributed by atoms with Gasteiger partial charge in [-0.2, -0.15) is 0 Å². The van der Waals surface area contributed by atoms with Crippen LogP contribution in [0.1, 0.15) is 12.0 Å². The van der Waals surface area contributed by atoms with Crippen molar-refractivity contribution in [3.05, 3.63) is 40.3 Å². The minimum Gasteiger partial charge on any atom is -0.398 e. The molecule has 1 aromatic carbocycles. The summed E-state index contributed by atoms with van der Waals surface area (Å²) < 4.78 is 0. The fourth-order valence-corrected chi connectivity index (χ4v) is 1.56. The lowest BCUT2D eigenvalue weighted by molar-refractivity contribution is 1.39. The summed E-state index contributed by atoms with van der Waals surface area (Å²) in [4.78, 5) is 0. The Morgan fingerprint density at radius 1 is 1.31 bits per heavy atom. The van der Waals surface area contributed by atoms with Gasteiger partial charge in [0.25, 0.3) is 0 Å². The van der Waals surface area contributed by atoms with Crippen LogP contribution in [-0.2, 0) is 0 Å². The Morgan fingerprint density at radius 2 is 2.15 bits per heavy atom. The van der Waals surface area contributed by atoms with Gasteiger partial charge in [-0.05, 0) is 24.1 Å². The number of aryl methyl sites for hydroxylation is 1. The number of benzene rings is 1. The maximum atomic E-state index is 5.99. The number of nitrogens with two attached hydrogens (primary N) is 1. The minimum absolute atomic E-state index is 0.903. The minimum atomic E-state index is 0.903. The van der Waals surface area contributed by atoms with Gasteiger partial charge in [-0.15, -0.1) is 0 Å². The predicted octanol–water partition coefficient (Wildman–Crippen LogP) is 1.10. The van der Waals surface area contributed by atoms with Crippen LogP contribution in [0, 0.1) is 6.92 Å². The quantitative estimate of drug-likeness (QED) is 0.581. The second kappa shape index (κ2) is 3.09. The Kier molecular flexibility index (Phi) is 1.93. The summed E-state index contributed by atoms with van der Waals surface area (Å²) in [5.41, 5.74) is 8.04. The first-order chi connectivity index (χ1) is 6.29. The molecule has 0 atom stereocenters. The number of nitrogen functional groups attached to an aromatic ring is 1. The van der Waals surface area contributed by atoms with E-state index in [-0.39, 0.29) is 0 Å². The van der Waals surface area contributed by atoms with Gasteiger partial charge >= 0.3 is 0 Å². The summed E-state index contributed by atoms with van der Waals surface area (Å²) in [6, 6.07) is 4.20. The molecule has 0 unspecified atom stereocenters. The van der Waals surface area contributed by atoms with Crippen molar-refractivity contribution < 1.29 is 0 Å². The van der Waals surface area contributed by atoms with E-state index >= 15 is 0 Å². The van der Waals surface area contributed by atoms with E-state index in [0.717, 1.165) is 22.9 Å². The maximum absolute atomic E-state index is 5.99. The highest BCUT2D eigenvalue weighted by molar-refractivity contribution is 5.57. The van der Waals surface area contributed by atoms with Crippen molar-refractivity contribution in [1.82, 2.24) is 0 Å². The molecule has 1 heteroatoms. The van der Waals surface area contributed by atoms with Crippen LogP contribution in [0.4, 0.5) is 5.69 Å². The number of hydrogen-bond donors (Lipinski definition) is 1. The molecule has 0 aliphatic heterocycles. The van der Waals surface area contributed by atoms with Crippen molar-refractivity contribution >= 4 is 17.8 Å². The van der Waals surface area contributed by atoms with Crippen LogP contribution in [0.15, 0.2) is 24.3 Å². The first-order valence-corrected chi connectivity index (χ1v) is 4.51. The smallest absolute Gasteiger partial charge is 0.0423 e. The van der Waals surface area contributed by atoms with E-state index in [2.05, 4.69) is 36.4 Å². The highest BCUT2D eigenvalue weighted by Gasteiger charge is 1.96. The van der Waals surface area contributed by atoms with E-state index in [1.165, 1.54) is 5.22 Å². The average Bonchev–Trinajstić information content (AvgIpc) is 2.36. The van der Waals surface area contributed by atoms with Crippen LogP contribution < -0.4 is 16.2 Å². The second-order valence-electron chi connectivity index (χ2n) is 3.33. The standard InChI is InChI=1S/C12H13N/c1-9-7-8-10-5-3-2-4-6-11(10)12(9)13/h2,4-8H,3,13H2,1H3. The Balaban J connectivity index is 2.88. The van der Waals surface area contributed by atoms with Crippen molar-refractivity contribution in [3.8, 4) is 0 Å². The van der Waals surface area contributed by atoms with Gasteiger partial charge in [-0.25, -0.2) is 0 Å². The zero-order valence-electron chi connectivity index (χ0n) is 7.75. The van der Waals surface area contributed by atoms with Crippen LogP contribution in [0.3, 0.4) is 0 Å². The summed E-state index contributed by atoms with van der Waals surface area (Å²) in [7, 11) is 0. The topological polar surface area (TPSA) is 26.0 Å². The fraction of sp³-hybridized carbons (Fsp3) is 0.167. The van der Waals surface area contributed by atoms with Crippen LogP contribution >= 0.6 is 0 Å². The SMILES string of the molecule is Cc1ccc2c(c1N)=CC=CCC=2. The van der Waals surface area contributed by atoms with E-state index in [1.807, 2.05) is 6.92 Å². The van der Waals surface area contributed by atoms with Crippen molar-refractivity contribution in [2.45, 2.75) is 13.3 Å². The first-order valence-electron chi connectivity index (χ1n) is 4.51. The van der Waals surface area contributed by atoms with Gasteiger partial charge in [0.05, 0.1) is 0 Å². The third kappa shape index (κ3) is 1.37. The number of anilines is 1. The lowest BCUT2D eigenvalue weighted by atomic mass is 10.1. The third-order valence-electron chi connectivity index (χ3n) is 2.41. The maximum Gasteiger partial charge on any atom is 0.0423 e. The molecule has 0 fully saturated rings. The molecule has 0 heterocycles. The van der Waals surface area contributed by atoms with Crippen LogP contribution in [-0.4, -0.2) is 0 Å². The molecule has 2 N–H and O–H groups in total. The zero-order valence-corrected chi connectivity index (χ0v) is 7.75. The summed E-state index contributed by atoms with van der Waals surface area (Å²) in [5, 5.41) is 2.40. The Morgan fingerprint density at radius 3 is 3.00 bits per heavy atom. The molecule has 66 valence electrons. The molecule has 1 aromatic rings. The number of rotatable bonds is 0. The Bertz CT molecular complexity index is 467. The highest BCUT2D eigenvalue weighted by atomic mass is 14.6. The van der Waals surface area contributed by atoms with E-state index < -0.39 is 0 Å². The van der Waals surface area contributed by atoms with E-state index in [1.54, 1.807) is 0 Å². The predicted molar refractivity (Wildman–Crippen MR) is 57.5 cm³/mol. The zero-order chi connectivity index (χ0) is 9.26. The first kappa shape index (κ1) is 8.11. The number of hydrogen-bond acceptors (Lipinski definition) is 1. The molecule has 0 bridgehead atoms. The molecule has 1 nitrogen and oxygen atoms in total. The van der Waals surface area contributed by atoms with Gasteiger partial charge in [-0.3, -0.25) is 0 Å². The largest absolute Gasteiger partial charge is 0.398 e. The van der Waals surface area contributed by atoms with Gasteiger partial charge in [0, 0.05) is 10.9 Å². The van der Waals surface area contributed by atoms with E-state index in [4.69, 9.17) is 5.73 Å².